The first kappa shape index (κ1) is 11.2. The van der Waals surface area contributed by atoms with Crippen molar-refractivity contribution in [2.45, 2.75) is 25.2 Å². The van der Waals surface area contributed by atoms with E-state index >= 15 is 0 Å². The van der Waals surface area contributed by atoms with Gasteiger partial charge < -0.3 is 5.32 Å². The summed E-state index contributed by atoms with van der Waals surface area (Å²) in [6, 6.07) is 10.6. The third-order valence-electron chi connectivity index (χ3n) is 3.66. The van der Waals surface area contributed by atoms with E-state index in [0.717, 1.165) is 5.69 Å². The zero-order chi connectivity index (χ0) is 12.4. The summed E-state index contributed by atoms with van der Waals surface area (Å²) in [5.41, 5.74) is 3.70. The van der Waals surface area contributed by atoms with E-state index in [9.17, 15) is 0 Å². The smallest absolute Gasteiger partial charge is 0.222 e. The average molecular weight is 239 g/mol. The summed E-state index contributed by atoms with van der Waals surface area (Å²) >= 11 is 0. The van der Waals surface area contributed by atoms with Crippen LogP contribution >= 0.6 is 0 Å². The van der Waals surface area contributed by atoms with Crippen LogP contribution in [0.2, 0.25) is 0 Å². The van der Waals surface area contributed by atoms with Crippen LogP contribution < -0.4 is 5.32 Å². The minimum atomic E-state index is 0.677. The number of hydrogen-bond donors (Lipinski definition) is 1. The topological polar surface area (TPSA) is 37.8 Å². The standard InChI is InChI=1S/C15H17N3/c1-16-15-17-10-9-14(18-15)13-8-3-2-7-12(13)11-5-4-6-11/h2-3,7-11H,4-6H2,1H3,(H,16,17,18). The van der Waals surface area contributed by atoms with Crippen LogP contribution in [0, 0.1) is 0 Å². The average Bonchev–Trinajstić information content (AvgIpc) is 2.37. The Hall–Kier alpha value is -1.90. The Morgan fingerprint density at radius 2 is 2.00 bits per heavy atom. The monoisotopic (exact) mass is 239 g/mol. The van der Waals surface area contributed by atoms with Crippen LogP contribution in [0.1, 0.15) is 30.7 Å². The summed E-state index contributed by atoms with van der Waals surface area (Å²) in [5, 5.41) is 2.99. The lowest BCUT2D eigenvalue weighted by Gasteiger charge is -2.27. The van der Waals surface area contributed by atoms with E-state index in [1.807, 2.05) is 19.3 Å². The summed E-state index contributed by atoms with van der Waals surface area (Å²) in [4.78, 5) is 8.71. The van der Waals surface area contributed by atoms with Crippen LogP contribution in [0.15, 0.2) is 36.5 Å². The van der Waals surface area contributed by atoms with Gasteiger partial charge in [0.2, 0.25) is 5.95 Å². The molecule has 0 radical (unpaired) electrons. The minimum Gasteiger partial charge on any atom is -0.357 e. The van der Waals surface area contributed by atoms with Crippen molar-refractivity contribution >= 4 is 5.95 Å². The Kier molecular flexibility index (Phi) is 2.97. The Morgan fingerprint density at radius 1 is 1.17 bits per heavy atom. The van der Waals surface area contributed by atoms with E-state index in [4.69, 9.17) is 0 Å². The van der Waals surface area contributed by atoms with Crippen molar-refractivity contribution in [2.24, 2.45) is 0 Å². The second kappa shape index (κ2) is 4.77. The molecular weight excluding hydrogens is 222 g/mol. The van der Waals surface area contributed by atoms with Gasteiger partial charge in [-0.25, -0.2) is 9.97 Å². The lowest BCUT2D eigenvalue weighted by atomic mass is 9.78. The van der Waals surface area contributed by atoms with E-state index in [0.29, 0.717) is 11.9 Å². The van der Waals surface area contributed by atoms with E-state index < -0.39 is 0 Å². The van der Waals surface area contributed by atoms with Gasteiger partial charge in [-0.3, -0.25) is 0 Å². The SMILES string of the molecule is CNc1nccc(-c2ccccc2C2CCC2)n1. The fourth-order valence-corrected chi connectivity index (χ4v) is 2.43. The molecule has 18 heavy (non-hydrogen) atoms. The molecule has 1 saturated carbocycles. The lowest BCUT2D eigenvalue weighted by molar-refractivity contribution is 0.420. The van der Waals surface area contributed by atoms with Gasteiger partial charge in [0, 0.05) is 18.8 Å². The van der Waals surface area contributed by atoms with Gasteiger partial charge in [0.15, 0.2) is 0 Å². The second-order valence-electron chi connectivity index (χ2n) is 4.73. The molecule has 1 aromatic carbocycles. The maximum Gasteiger partial charge on any atom is 0.222 e. The Labute approximate surface area is 107 Å². The van der Waals surface area contributed by atoms with Crippen molar-refractivity contribution in [1.82, 2.24) is 9.97 Å². The molecule has 1 N–H and O–H groups in total. The summed E-state index contributed by atoms with van der Waals surface area (Å²) in [5.74, 6) is 1.39. The maximum atomic E-state index is 4.54. The number of aromatic nitrogens is 2. The van der Waals surface area contributed by atoms with Gasteiger partial charge in [-0.2, -0.15) is 0 Å². The molecule has 3 nitrogen and oxygen atoms in total. The molecule has 0 spiro atoms. The normalized spacial score (nSPS) is 15.2. The van der Waals surface area contributed by atoms with Crippen molar-refractivity contribution < 1.29 is 0 Å². The van der Waals surface area contributed by atoms with E-state index in [2.05, 4.69) is 39.6 Å². The number of rotatable bonds is 3. The molecule has 3 rings (SSSR count). The highest BCUT2D eigenvalue weighted by atomic mass is 15.1. The van der Waals surface area contributed by atoms with E-state index in [1.54, 1.807) is 0 Å². The highest BCUT2D eigenvalue weighted by Crippen LogP contribution is 2.40. The molecule has 1 aliphatic carbocycles. The molecule has 0 bridgehead atoms. The van der Waals surface area contributed by atoms with Gasteiger partial charge in [0.05, 0.1) is 5.69 Å². The molecule has 3 heteroatoms. The van der Waals surface area contributed by atoms with E-state index in [1.165, 1.54) is 30.4 Å². The zero-order valence-corrected chi connectivity index (χ0v) is 10.6. The zero-order valence-electron chi connectivity index (χ0n) is 10.6. The van der Waals surface area contributed by atoms with Crippen LogP contribution in [0.5, 0.6) is 0 Å². The minimum absolute atomic E-state index is 0.677. The lowest BCUT2D eigenvalue weighted by Crippen LogP contribution is -2.10. The number of hydrogen-bond acceptors (Lipinski definition) is 3. The molecule has 1 aromatic heterocycles. The second-order valence-corrected chi connectivity index (χ2v) is 4.73. The molecule has 0 unspecified atom stereocenters. The summed E-state index contributed by atoms with van der Waals surface area (Å²) in [6.45, 7) is 0. The number of nitrogens with one attached hydrogen (secondary N) is 1. The molecule has 92 valence electrons. The van der Waals surface area contributed by atoms with Gasteiger partial charge in [0.25, 0.3) is 0 Å². The Balaban J connectivity index is 2.04. The summed E-state index contributed by atoms with van der Waals surface area (Å²) in [6.07, 6.45) is 5.78. The molecule has 0 atom stereocenters. The largest absolute Gasteiger partial charge is 0.357 e. The molecule has 0 saturated heterocycles. The first-order chi connectivity index (χ1) is 8.88. The fraction of sp³-hybridized carbons (Fsp3) is 0.333. The van der Waals surface area contributed by atoms with Gasteiger partial charge >= 0.3 is 0 Å². The number of anilines is 1. The quantitative estimate of drug-likeness (QED) is 0.891. The summed E-state index contributed by atoms with van der Waals surface area (Å²) < 4.78 is 0. The molecular formula is C15H17N3. The third kappa shape index (κ3) is 1.96. The first-order valence-electron chi connectivity index (χ1n) is 6.48. The fourth-order valence-electron chi connectivity index (χ4n) is 2.43. The summed E-state index contributed by atoms with van der Waals surface area (Å²) in [7, 11) is 1.84. The van der Waals surface area contributed by atoms with Crippen molar-refractivity contribution in [2.75, 3.05) is 12.4 Å². The molecule has 0 amide bonds. The van der Waals surface area contributed by atoms with Gasteiger partial charge in [-0.1, -0.05) is 30.7 Å². The Morgan fingerprint density at radius 3 is 2.72 bits per heavy atom. The van der Waals surface area contributed by atoms with Crippen LogP contribution in [-0.2, 0) is 0 Å². The highest BCUT2D eigenvalue weighted by molar-refractivity contribution is 5.65. The number of benzene rings is 1. The third-order valence-corrected chi connectivity index (χ3v) is 3.66. The van der Waals surface area contributed by atoms with Crippen LogP contribution in [0.3, 0.4) is 0 Å². The van der Waals surface area contributed by atoms with Crippen LogP contribution in [-0.4, -0.2) is 17.0 Å². The Bertz CT molecular complexity index is 547. The molecule has 2 aromatic rings. The first-order valence-corrected chi connectivity index (χ1v) is 6.48. The molecule has 0 aliphatic heterocycles. The van der Waals surface area contributed by atoms with Crippen molar-refractivity contribution in [3.8, 4) is 11.3 Å². The molecule has 1 fully saturated rings. The molecule has 1 aliphatic rings. The highest BCUT2D eigenvalue weighted by Gasteiger charge is 2.22. The van der Waals surface area contributed by atoms with Crippen molar-refractivity contribution in [3.63, 3.8) is 0 Å². The van der Waals surface area contributed by atoms with Gasteiger partial charge in [0.1, 0.15) is 0 Å². The predicted octanol–water partition coefficient (Wildman–Crippen LogP) is 3.45. The van der Waals surface area contributed by atoms with Gasteiger partial charge in [-0.05, 0) is 30.4 Å². The molecule has 1 heterocycles. The predicted molar refractivity (Wildman–Crippen MR) is 73.6 cm³/mol. The van der Waals surface area contributed by atoms with Crippen LogP contribution in [0.4, 0.5) is 5.95 Å². The maximum absolute atomic E-state index is 4.54. The van der Waals surface area contributed by atoms with Gasteiger partial charge in [-0.15, -0.1) is 0 Å². The number of nitrogens with zero attached hydrogens (tertiary/aromatic N) is 2. The van der Waals surface area contributed by atoms with Crippen molar-refractivity contribution in [3.05, 3.63) is 42.1 Å². The van der Waals surface area contributed by atoms with Crippen LogP contribution in [0.25, 0.3) is 11.3 Å². The van der Waals surface area contributed by atoms with Crippen molar-refractivity contribution in [1.29, 1.82) is 0 Å². The van der Waals surface area contributed by atoms with E-state index in [-0.39, 0.29) is 0 Å².